The number of para-hydroxylation sites is 2. The Hall–Kier alpha value is -3.94. The molecule has 2 aromatic carbocycles. The Bertz CT molecular complexity index is 1170. The largest absolute Gasteiger partial charge is 0.493 e. The van der Waals surface area contributed by atoms with Crippen LogP contribution in [0.4, 0.5) is 0 Å². The van der Waals surface area contributed by atoms with Gasteiger partial charge in [-0.05, 0) is 51.0 Å². The fourth-order valence-electron chi connectivity index (χ4n) is 4.25. The fraction of sp³-hybridized carbons (Fsp3) is 0.333. The van der Waals surface area contributed by atoms with Gasteiger partial charge >= 0.3 is 0 Å². The van der Waals surface area contributed by atoms with Crippen LogP contribution in [0.1, 0.15) is 48.7 Å². The monoisotopic (exact) mass is 474 g/mol. The van der Waals surface area contributed by atoms with Crippen molar-refractivity contribution >= 4 is 11.8 Å². The molecule has 4 rings (SSSR count). The summed E-state index contributed by atoms with van der Waals surface area (Å²) in [6.07, 6.45) is 4.69. The van der Waals surface area contributed by atoms with Crippen LogP contribution in [-0.4, -0.2) is 52.4 Å². The molecule has 2 amide bonds. The zero-order valence-electron chi connectivity index (χ0n) is 20.2. The number of benzene rings is 2. The number of methoxy groups -OCH3 is 1. The number of rotatable bonds is 7. The Morgan fingerprint density at radius 3 is 2.26 bits per heavy atom. The molecule has 182 valence electrons. The van der Waals surface area contributed by atoms with Gasteiger partial charge in [0.2, 0.25) is 11.8 Å². The van der Waals surface area contributed by atoms with Crippen LogP contribution >= 0.6 is 0 Å². The van der Waals surface area contributed by atoms with Crippen LogP contribution in [0.3, 0.4) is 0 Å². The Kier molecular flexibility index (Phi) is 7.29. The highest BCUT2D eigenvalue weighted by molar-refractivity contribution is 5.98. The third-order valence-electron chi connectivity index (χ3n) is 6.13. The van der Waals surface area contributed by atoms with E-state index in [0.717, 1.165) is 18.5 Å². The number of hydrogen-bond donors (Lipinski definition) is 1. The number of nitrogens with zero attached hydrogens (tertiary/aromatic N) is 3. The Morgan fingerprint density at radius 2 is 1.57 bits per heavy atom. The van der Waals surface area contributed by atoms with E-state index in [1.807, 2.05) is 30.3 Å². The van der Waals surface area contributed by atoms with Gasteiger partial charge in [0.25, 0.3) is 5.91 Å². The van der Waals surface area contributed by atoms with Crippen molar-refractivity contribution in [2.75, 3.05) is 20.2 Å². The van der Waals surface area contributed by atoms with Crippen molar-refractivity contribution in [1.29, 1.82) is 0 Å². The summed E-state index contributed by atoms with van der Waals surface area (Å²) in [7, 11) is 1.59. The van der Waals surface area contributed by atoms with E-state index >= 15 is 0 Å². The maximum Gasteiger partial charge on any atom is 0.252 e. The first-order valence-electron chi connectivity index (χ1n) is 11.7. The van der Waals surface area contributed by atoms with Crippen molar-refractivity contribution in [2.45, 2.75) is 38.1 Å². The molecule has 1 aliphatic heterocycles. The molecule has 1 fully saturated rings. The minimum Gasteiger partial charge on any atom is -0.493 e. The highest BCUT2D eigenvalue weighted by atomic mass is 16.5. The number of hydrogen-bond acceptors (Lipinski definition) is 6. The van der Waals surface area contributed by atoms with Crippen LogP contribution in [0, 0.1) is 0 Å². The quantitative estimate of drug-likeness (QED) is 0.552. The minimum atomic E-state index is -1.02. The van der Waals surface area contributed by atoms with E-state index in [9.17, 15) is 9.59 Å². The molecule has 1 N–H and O–H groups in total. The number of nitrogens with one attached hydrogen (secondary N) is 1. The van der Waals surface area contributed by atoms with Crippen molar-refractivity contribution in [1.82, 2.24) is 20.2 Å². The second-order valence-electron chi connectivity index (χ2n) is 9.01. The van der Waals surface area contributed by atoms with Gasteiger partial charge < -0.3 is 19.7 Å². The highest BCUT2D eigenvalue weighted by Gasteiger charge is 2.36. The van der Waals surface area contributed by atoms with Crippen LogP contribution in [-0.2, 0) is 4.79 Å². The third kappa shape index (κ3) is 5.59. The lowest BCUT2D eigenvalue weighted by Gasteiger charge is -2.37. The average molecular weight is 475 g/mol. The smallest absolute Gasteiger partial charge is 0.252 e. The Balaban J connectivity index is 1.41. The van der Waals surface area contributed by atoms with E-state index < -0.39 is 5.54 Å². The van der Waals surface area contributed by atoms with Gasteiger partial charge in [-0.15, -0.1) is 0 Å². The summed E-state index contributed by atoms with van der Waals surface area (Å²) in [6, 6.07) is 16.3. The predicted molar refractivity (Wildman–Crippen MR) is 132 cm³/mol. The lowest BCUT2D eigenvalue weighted by molar-refractivity contribution is -0.137. The summed E-state index contributed by atoms with van der Waals surface area (Å²) in [5, 5.41) is 2.88. The highest BCUT2D eigenvalue weighted by Crippen LogP contribution is 2.36. The second-order valence-corrected chi connectivity index (χ2v) is 9.01. The molecule has 0 aliphatic carbocycles. The molecule has 1 aromatic heterocycles. The molecule has 1 aliphatic rings. The SMILES string of the molecule is COc1ccccc1Oc1nccnc1C1CCN(C(=O)C(C)(C)NC(=O)c2ccccc2)CC1. The van der Waals surface area contributed by atoms with Crippen LogP contribution in [0.2, 0.25) is 0 Å². The molecule has 2 heterocycles. The molecule has 3 aromatic rings. The van der Waals surface area contributed by atoms with Gasteiger partial charge in [0.15, 0.2) is 11.5 Å². The van der Waals surface area contributed by atoms with E-state index in [1.54, 1.807) is 62.5 Å². The van der Waals surface area contributed by atoms with E-state index in [1.165, 1.54) is 0 Å². The molecule has 0 bridgehead atoms. The Morgan fingerprint density at radius 1 is 0.943 bits per heavy atom. The fourth-order valence-corrected chi connectivity index (χ4v) is 4.25. The lowest BCUT2D eigenvalue weighted by Crippen LogP contribution is -2.57. The summed E-state index contributed by atoms with van der Waals surface area (Å²) in [5.41, 5.74) is 0.268. The molecular formula is C27H30N4O4. The molecule has 0 spiro atoms. The zero-order chi connectivity index (χ0) is 24.8. The first kappa shape index (κ1) is 24.2. The van der Waals surface area contributed by atoms with E-state index in [-0.39, 0.29) is 17.7 Å². The molecule has 8 nitrogen and oxygen atoms in total. The molecule has 8 heteroatoms. The molecule has 35 heavy (non-hydrogen) atoms. The van der Waals surface area contributed by atoms with Crippen molar-refractivity contribution in [2.24, 2.45) is 0 Å². The van der Waals surface area contributed by atoms with Crippen molar-refractivity contribution in [3.8, 4) is 17.4 Å². The molecule has 0 unspecified atom stereocenters. The predicted octanol–water partition coefficient (Wildman–Crippen LogP) is 4.19. The normalized spacial score (nSPS) is 14.3. The summed E-state index contributed by atoms with van der Waals surface area (Å²) in [4.78, 5) is 36.6. The number of piperidine rings is 1. The summed E-state index contributed by atoms with van der Waals surface area (Å²) in [6.45, 7) is 4.59. The standard InChI is InChI=1S/C27H30N4O4/c1-27(2,30-24(32)20-9-5-4-6-10-20)26(33)31-17-13-19(14-18-31)23-25(29-16-15-28-23)35-22-12-8-7-11-21(22)34-3/h4-12,15-16,19H,13-14,17-18H2,1-3H3,(H,30,32). The van der Waals surface area contributed by atoms with Gasteiger partial charge in [-0.1, -0.05) is 30.3 Å². The average Bonchev–Trinajstić information content (AvgIpc) is 2.89. The van der Waals surface area contributed by atoms with Gasteiger partial charge in [-0.2, -0.15) is 0 Å². The van der Waals surface area contributed by atoms with Crippen molar-refractivity contribution < 1.29 is 19.1 Å². The third-order valence-corrected chi connectivity index (χ3v) is 6.13. The first-order valence-corrected chi connectivity index (χ1v) is 11.7. The van der Waals surface area contributed by atoms with Crippen molar-refractivity contribution in [3.63, 3.8) is 0 Å². The second kappa shape index (κ2) is 10.5. The van der Waals surface area contributed by atoms with Crippen molar-refractivity contribution in [3.05, 3.63) is 78.2 Å². The number of aromatic nitrogens is 2. The van der Waals surface area contributed by atoms with Gasteiger partial charge in [-0.3, -0.25) is 14.6 Å². The minimum absolute atomic E-state index is 0.0967. The summed E-state index contributed by atoms with van der Waals surface area (Å²) in [5.74, 6) is 1.35. The van der Waals surface area contributed by atoms with E-state index in [0.29, 0.717) is 36.0 Å². The molecule has 0 saturated carbocycles. The van der Waals surface area contributed by atoms with Gasteiger partial charge in [0.1, 0.15) is 11.2 Å². The van der Waals surface area contributed by atoms with Gasteiger partial charge in [-0.25, -0.2) is 4.98 Å². The topological polar surface area (TPSA) is 93.7 Å². The van der Waals surface area contributed by atoms with E-state index in [2.05, 4.69) is 15.3 Å². The number of carbonyl (C=O) groups excluding carboxylic acids is 2. The van der Waals surface area contributed by atoms with E-state index in [4.69, 9.17) is 9.47 Å². The summed E-state index contributed by atoms with van der Waals surface area (Å²) >= 11 is 0. The zero-order valence-corrected chi connectivity index (χ0v) is 20.2. The number of likely N-dealkylation sites (tertiary alicyclic amines) is 1. The molecular weight excluding hydrogens is 444 g/mol. The van der Waals surface area contributed by atoms with Gasteiger partial charge in [0.05, 0.1) is 7.11 Å². The van der Waals surface area contributed by atoms with Crippen LogP contribution in [0.15, 0.2) is 67.0 Å². The molecule has 0 radical (unpaired) electrons. The Labute approximate surface area is 205 Å². The maximum atomic E-state index is 13.3. The maximum absolute atomic E-state index is 13.3. The number of carbonyl (C=O) groups is 2. The number of amides is 2. The van der Waals surface area contributed by atoms with Gasteiger partial charge in [0, 0.05) is 37.0 Å². The van der Waals surface area contributed by atoms with Crippen LogP contribution in [0.5, 0.6) is 17.4 Å². The van der Waals surface area contributed by atoms with Crippen LogP contribution in [0.25, 0.3) is 0 Å². The molecule has 1 saturated heterocycles. The molecule has 0 atom stereocenters. The lowest BCUT2D eigenvalue weighted by atomic mass is 9.91. The first-order chi connectivity index (χ1) is 16.9. The summed E-state index contributed by atoms with van der Waals surface area (Å²) < 4.78 is 11.5. The van der Waals surface area contributed by atoms with Crippen LogP contribution < -0.4 is 14.8 Å². The number of ether oxygens (including phenoxy) is 2.